The lowest BCUT2D eigenvalue weighted by molar-refractivity contribution is -0.130. The Hall–Kier alpha value is -4.02. The van der Waals surface area contributed by atoms with E-state index in [-0.39, 0.29) is 17.4 Å². The van der Waals surface area contributed by atoms with Gasteiger partial charge in [0.25, 0.3) is 5.91 Å². The van der Waals surface area contributed by atoms with Crippen molar-refractivity contribution in [3.63, 3.8) is 0 Å². The molecule has 10 heteroatoms. The third-order valence-corrected chi connectivity index (χ3v) is 7.22. The number of carbonyl (C=O) groups is 1. The molecule has 1 amide bonds. The molecule has 0 aliphatic carbocycles. The summed E-state index contributed by atoms with van der Waals surface area (Å²) in [5.41, 5.74) is 5.07. The van der Waals surface area contributed by atoms with E-state index in [2.05, 4.69) is 25.9 Å². The molecule has 2 aromatic heterocycles. The van der Waals surface area contributed by atoms with Crippen LogP contribution in [-0.2, 0) is 16.0 Å². The number of rotatable bonds is 6. The second-order valence-electron chi connectivity index (χ2n) is 9.23. The number of hydrogen-bond donors (Lipinski definition) is 2. The van der Waals surface area contributed by atoms with Crippen molar-refractivity contribution < 1.29 is 13.9 Å². The Bertz CT molecular complexity index is 1690. The maximum Gasteiger partial charge on any atom is 0.323 e. The predicted octanol–water partition coefficient (Wildman–Crippen LogP) is 5.10. The summed E-state index contributed by atoms with van der Waals surface area (Å²) in [6.07, 6.45) is 1.07. The van der Waals surface area contributed by atoms with Gasteiger partial charge in [-0.3, -0.25) is 4.79 Å². The zero-order valence-electron chi connectivity index (χ0n) is 20.3. The summed E-state index contributed by atoms with van der Waals surface area (Å²) < 4.78 is 22.6. The first-order valence-corrected chi connectivity index (χ1v) is 12.9. The molecule has 0 bridgehead atoms. The molecule has 0 unspecified atom stereocenters. The molecule has 2 atom stereocenters. The first kappa shape index (κ1) is 24.3. The number of fused-ring (bicyclic) bond motifs is 1. The highest BCUT2D eigenvalue weighted by atomic mass is 79.9. The third-order valence-electron chi connectivity index (χ3n) is 6.69. The van der Waals surface area contributed by atoms with E-state index in [1.807, 2.05) is 48.7 Å². The molecule has 1 aliphatic heterocycles. The highest BCUT2D eigenvalue weighted by Crippen LogP contribution is 2.37. The van der Waals surface area contributed by atoms with Gasteiger partial charge in [0, 0.05) is 22.8 Å². The average molecular weight is 576 g/mol. The first-order chi connectivity index (χ1) is 18.4. The molecule has 1 saturated heterocycles. The zero-order chi connectivity index (χ0) is 26.4. The Morgan fingerprint density at radius 3 is 2.50 bits per heavy atom. The van der Waals surface area contributed by atoms with Gasteiger partial charge in [-0.25, -0.2) is 13.9 Å². The van der Waals surface area contributed by atoms with Gasteiger partial charge in [-0.1, -0.05) is 34.1 Å². The van der Waals surface area contributed by atoms with Crippen molar-refractivity contribution in [2.45, 2.75) is 25.7 Å². The average Bonchev–Trinajstić information content (AvgIpc) is 3.58. The molecule has 6 rings (SSSR count). The lowest BCUT2D eigenvalue weighted by atomic mass is 10.1. The van der Waals surface area contributed by atoms with Gasteiger partial charge in [0.1, 0.15) is 17.6 Å². The Balaban J connectivity index is 1.36. The largest absolute Gasteiger partial charge is 0.339 e. The minimum absolute atomic E-state index is 0.130. The van der Waals surface area contributed by atoms with E-state index in [0.29, 0.717) is 24.2 Å². The predicted molar refractivity (Wildman–Crippen MR) is 144 cm³/mol. The van der Waals surface area contributed by atoms with Crippen LogP contribution in [0.5, 0.6) is 0 Å². The fourth-order valence-electron chi connectivity index (χ4n) is 4.75. The monoisotopic (exact) mass is 575 g/mol. The standard InChI is InChI=1S/C28H23BrFN5O3/c1-16-26(36)34(13-12-17-2-11-23-24(14-17)32-28(37)31-23)27(38-16)25-22(18-3-7-20(30)8-4-18)15-35(33-25)21-9-5-19(29)6-10-21/h2-11,14-16,27H,12-13H2,1H3,(H2,31,32,37)/t16-,27-/m0/s1. The number of carbonyl (C=O) groups excluding carboxylic acids is 1. The molecule has 1 fully saturated rings. The van der Waals surface area contributed by atoms with E-state index in [1.165, 1.54) is 12.1 Å². The number of nitrogens with zero attached hydrogens (tertiary/aromatic N) is 3. The van der Waals surface area contributed by atoms with Crippen LogP contribution in [0.25, 0.3) is 27.8 Å². The minimum atomic E-state index is -0.718. The molecule has 38 heavy (non-hydrogen) atoms. The van der Waals surface area contributed by atoms with Crippen molar-refractivity contribution in [2.24, 2.45) is 0 Å². The summed E-state index contributed by atoms with van der Waals surface area (Å²) in [6.45, 7) is 2.12. The summed E-state index contributed by atoms with van der Waals surface area (Å²) in [7, 11) is 0. The molecular weight excluding hydrogens is 553 g/mol. The molecule has 0 radical (unpaired) electrons. The van der Waals surface area contributed by atoms with E-state index in [1.54, 1.807) is 28.6 Å². The number of amides is 1. The van der Waals surface area contributed by atoms with Gasteiger partial charge < -0.3 is 19.6 Å². The van der Waals surface area contributed by atoms with E-state index >= 15 is 0 Å². The smallest absolute Gasteiger partial charge is 0.323 e. The van der Waals surface area contributed by atoms with Gasteiger partial charge in [-0.05, 0) is 73.0 Å². The summed E-state index contributed by atoms with van der Waals surface area (Å²) in [4.78, 5) is 32.0. The minimum Gasteiger partial charge on any atom is -0.339 e. The molecule has 2 N–H and O–H groups in total. The molecule has 1 aliphatic rings. The molecule has 3 heterocycles. The van der Waals surface area contributed by atoms with Crippen LogP contribution in [0.2, 0.25) is 0 Å². The molecular formula is C28H23BrFN5O3. The third kappa shape index (κ3) is 4.57. The van der Waals surface area contributed by atoms with Gasteiger partial charge in [-0.15, -0.1) is 0 Å². The van der Waals surface area contributed by atoms with Crippen molar-refractivity contribution in [3.05, 3.63) is 105 Å². The van der Waals surface area contributed by atoms with Gasteiger partial charge in [-0.2, -0.15) is 5.10 Å². The Morgan fingerprint density at radius 2 is 1.74 bits per heavy atom. The van der Waals surface area contributed by atoms with E-state index in [9.17, 15) is 14.0 Å². The van der Waals surface area contributed by atoms with Crippen molar-refractivity contribution in [1.29, 1.82) is 0 Å². The summed E-state index contributed by atoms with van der Waals surface area (Å²) in [6, 6.07) is 19.6. The fourth-order valence-corrected chi connectivity index (χ4v) is 5.01. The second-order valence-corrected chi connectivity index (χ2v) is 10.1. The lowest BCUT2D eigenvalue weighted by Gasteiger charge is -2.23. The Morgan fingerprint density at radius 1 is 1.00 bits per heavy atom. The normalized spacial score (nSPS) is 17.6. The number of benzene rings is 3. The van der Waals surface area contributed by atoms with Crippen LogP contribution < -0.4 is 5.69 Å². The highest BCUT2D eigenvalue weighted by molar-refractivity contribution is 9.10. The van der Waals surface area contributed by atoms with Crippen LogP contribution in [-0.4, -0.2) is 43.2 Å². The number of hydrogen-bond acceptors (Lipinski definition) is 4. The molecule has 3 aromatic carbocycles. The SMILES string of the molecule is C[C@@H]1O[C@@H](c2nn(-c3ccc(Br)cc3)cc2-c2ccc(F)cc2)N(CCc2ccc3[nH]c(=O)[nH]c3c2)C1=O. The number of ether oxygens (including phenoxy) is 1. The van der Waals surface area contributed by atoms with E-state index < -0.39 is 12.3 Å². The molecule has 5 aromatic rings. The molecule has 0 saturated carbocycles. The Kier molecular flexibility index (Phi) is 6.21. The first-order valence-electron chi connectivity index (χ1n) is 12.1. The van der Waals surface area contributed by atoms with Crippen LogP contribution in [0, 0.1) is 5.82 Å². The van der Waals surface area contributed by atoms with Gasteiger partial charge in [0.15, 0.2) is 6.23 Å². The Labute approximate surface area is 225 Å². The van der Waals surface area contributed by atoms with Crippen LogP contribution >= 0.6 is 15.9 Å². The van der Waals surface area contributed by atoms with Crippen LogP contribution in [0.4, 0.5) is 4.39 Å². The van der Waals surface area contributed by atoms with Crippen LogP contribution in [0.3, 0.4) is 0 Å². The topological polar surface area (TPSA) is 96.0 Å². The number of H-pyrrole nitrogens is 2. The number of aromatic amines is 2. The second kappa shape index (κ2) is 9.70. The number of nitrogens with one attached hydrogen (secondary N) is 2. The lowest BCUT2D eigenvalue weighted by Crippen LogP contribution is -2.32. The fraction of sp³-hybridized carbons (Fsp3) is 0.179. The van der Waals surface area contributed by atoms with Crippen molar-refractivity contribution >= 4 is 32.9 Å². The molecule has 192 valence electrons. The quantitative estimate of drug-likeness (QED) is 0.294. The maximum atomic E-state index is 13.7. The molecule has 8 nitrogen and oxygen atoms in total. The number of imidazole rings is 1. The maximum absolute atomic E-state index is 13.7. The van der Waals surface area contributed by atoms with E-state index in [0.717, 1.165) is 32.4 Å². The zero-order valence-corrected chi connectivity index (χ0v) is 21.9. The highest BCUT2D eigenvalue weighted by Gasteiger charge is 2.41. The number of aromatic nitrogens is 4. The van der Waals surface area contributed by atoms with Crippen molar-refractivity contribution in [2.75, 3.05) is 6.54 Å². The summed E-state index contributed by atoms with van der Waals surface area (Å²) in [5, 5.41) is 4.85. The number of halogens is 2. The van der Waals surface area contributed by atoms with Crippen LogP contribution in [0.15, 0.2) is 82.2 Å². The van der Waals surface area contributed by atoms with Crippen LogP contribution in [0.1, 0.15) is 24.4 Å². The summed E-state index contributed by atoms with van der Waals surface area (Å²) >= 11 is 3.46. The van der Waals surface area contributed by atoms with Gasteiger partial charge >= 0.3 is 5.69 Å². The van der Waals surface area contributed by atoms with Gasteiger partial charge in [0.05, 0.1) is 16.7 Å². The van der Waals surface area contributed by atoms with Gasteiger partial charge in [0.2, 0.25) is 0 Å². The van der Waals surface area contributed by atoms with Crippen molar-refractivity contribution in [1.82, 2.24) is 24.6 Å². The van der Waals surface area contributed by atoms with E-state index in [4.69, 9.17) is 9.84 Å². The molecule has 0 spiro atoms. The van der Waals surface area contributed by atoms with Crippen molar-refractivity contribution in [3.8, 4) is 16.8 Å². The summed E-state index contributed by atoms with van der Waals surface area (Å²) in [5.74, 6) is -0.465.